The first kappa shape index (κ1) is 67.9. The molecule has 0 radical (unpaired) electrons. The molecule has 118 heavy (non-hydrogen) atoms. The van der Waals surface area contributed by atoms with Crippen LogP contribution in [0.4, 0.5) is 0 Å². The molecule has 2 aromatic heterocycles. The van der Waals surface area contributed by atoms with E-state index in [9.17, 15) is 0 Å². The summed E-state index contributed by atoms with van der Waals surface area (Å²) in [6.07, 6.45) is 1.60. The Hall–Kier alpha value is -15.8. The van der Waals surface area contributed by atoms with Crippen molar-refractivity contribution in [1.82, 2.24) is 29.9 Å². The zero-order valence-electron chi connectivity index (χ0n) is 63.9. The molecule has 0 bridgehead atoms. The molecular formula is C112H68N6. The lowest BCUT2D eigenvalue weighted by Gasteiger charge is -2.20. The molecule has 23 rings (SSSR count). The smallest absolute Gasteiger partial charge is 0.164 e. The van der Waals surface area contributed by atoms with Crippen molar-refractivity contribution < 1.29 is 0 Å². The molecule has 23 aromatic rings. The van der Waals surface area contributed by atoms with Crippen molar-refractivity contribution >= 4 is 108 Å². The summed E-state index contributed by atoms with van der Waals surface area (Å²) >= 11 is 0. The normalized spacial score (nSPS) is 11.7. The maximum Gasteiger partial charge on any atom is 0.164 e. The maximum atomic E-state index is 5.55. The summed E-state index contributed by atoms with van der Waals surface area (Å²) in [6.45, 7) is 0. The molecule has 21 aromatic carbocycles. The van der Waals surface area contributed by atoms with Crippen LogP contribution in [0.2, 0.25) is 0 Å². The molecule has 0 atom stereocenters. The van der Waals surface area contributed by atoms with Gasteiger partial charge in [-0.25, -0.2) is 29.9 Å². The second-order valence-electron chi connectivity index (χ2n) is 30.8. The molecular weight excluding hydrogens is 1430 g/mol. The molecule has 546 valence electrons. The van der Waals surface area contributed by atoms with Crippen LogP contribution in [0, 0.1) is 0 Å². The summed E-state index contributed by atoms with van der Waals surface area (Å²) in [7, 11) is 0. The lowest BCUT2D eigenvalue weighted by Crippen LogP contribution is -2.01. The standard InChI is InChI=1S/C112H68N6/c1-2-24-76(25-3-1)108-113-68-114-109(115-108)77-45-37-73(38-46-77)84-54-57-97-102(66-84)107(89-52-44-72-22-7-11-29-82(72)64-89)103-67-85(55-58-98(103)105(97)87-50-42-70-20-5-9-27-80(70)62-87)91-59-60-100(93-33-15-14-32-92(91)93)112-117-110(116-111(118-112)99-36-18-30-75-23-12-13-31-90(75)99)78-47-39-74(40-48-78)83-53-56-96-101(65-83)106(88-51-43-71-21-6-10-28-81(71)63-88)95-35-17-16-34-94(95)104(96)86-49-41-69-19-4-8-26-79(69)61-86/h1-68H. The molecule has 2 heterocycles. The van der Waals surface area contributed by atoms with Crippen molar-refractivity contribution in [2.45, 2.75) is 0 Å². The average molecular weight is 1500 g/mol. The number of rotatable bonds is 12. The highest BCUT2D eigenvalue weighted by molar-refractivity contribution is 6.25. The van der Waals surface area contributed by atoms with E-state index < -0.39 is 0 Å². The van der Waals surface area contributed by atoms with Crippen LogP contribution in [-0.4, -0.2) is 29.9 Å². The zero-order chi connectivity index (χ0) is 77.7. The molecule has 0 unspecified atom stereocenters. The highest BCUT2D eigenvalue weighted by Gasteiger charge is 2.25. The lowest BCUT2D eigenvalue weighted by molar-refractivity contribution is 1.07. The molecule has 0 amide bonds. The minimum Gasteiger partial charge on any atom is -0.217 e. The number of nitrogens with zero attached hydrogens (tertiary/aromatic N) is 6. The van der Waals surface area contributed by atoms with Gasteiger partial charge in [0.05, 0.1) is 0 Å². The molecule has 0 N–H and O–H groups in total. The zero-order valence-corrected chi connectivity index (χ0v) is 63.9. The monoisotopic (exact) mass is 1500 g/mol. The minimum absolute atomic E-state index is 0.582. The van der Waals surface area contributed by atoms with Gasteiger partial charge in [0.2, 0.25) is 0 Å². The fourth-order valence-electron chi connectivity index (χ4n) is 18.3. The van der Waals surface area contributed by atoms with Crippen LogP contribution >= 0.6 is 0 Å². The first-order valence-electron chi connectivity index (χ1n) is 40.2. The third-order valence-corrected chi connectivity index (χ3v) is 24.0. The Balaban J connectivity index is 0.676. The third-order valence-electron chi connectivity index (χ3n) is 24.0. The molecule has 6 heteroatoms. The van der Waals surface area contributed by atoms with Gasteiger partial charge in [-0.05, 0) is 234 Å². The predicted octanol–water partition coefficient (Wildman–Crippen LogP) is 29.6. The van der Waals surface area contributed by atoms with E-state index in [1.165, 1.54) is 97.8 Å². The van der Waals surface area contributed by atoms with E-state index in [4.69, 9.17) is 19.9 Å². The Morgan fingerprint density at radius 2 is 0.415 bits per heavy atom. The summed E-state index contributed by atoms with van der Waals surface area (Å²) < 4.78 is 0. The summed E-state index contributed by atoms with van der Waals surface area (Å²) in [6, 6.07) is 148. The second kappa shape index (κ2) is 28.1. The quantitative estimate of drug-likeness (QED) is 0.113. The van der Waals surface area contributed by atoms with Gasteiger partial charge in [0.25, 0.3) is 0 Å². The Bertz CT molecular complexity index is 8050. The average Bonchev–Trinajstić information content (AvgIpc) is 0.725. The molecule has 0 fully saturated rings. The molecule has 0 aliphatic rings. The SMILES string of the molecule is c1ccc(-c2ncnc(-c3ccc(-c4ccc5c(-c6ccc7ccccc7c6)c6ccc(-c7ccc(-c8nc(-c9ccc(-c%10ccc%11c(-c%12ccc%13ccccc%13c%12)c%12ccccc%12c(-c%12ccc%13ccccc%13c%12)c%11c%10)cc9)nc(-c9cccc%10ccccc9%10)n8)c8ccccc78)cc6c(-c6ccc7ccccc7c6)c5c4)cc3)n2)cc1. The van der Waals surface area contributed by atoms with E-state index in [2.05, 4.69) is 386 Å². The lowest BCUT2D eigenvalue weighted by atomic mass is 9.83. The largest absolute Gasteiger partial charge is 0.217 e. The molecule has 0 aliphatic heterocycles. The number of hydrogen-bond acceptors (Lipinski definition) is 6. The summed E-state index contributed by atoms with van der Waals surface area (Å²) in [4.78, 5) is 30.6. The fraction of sp³-hybridized carbons (Fsp3) is 0. The van der Waals surface area contributed by atoms with Crippen LogP contribution in [-0.2, 0) is 0 Å². The van der Waals surface area contributed by atoms with Gasteiger partial charge in [-0.3, -0.25) is 0 Å². The van der Waals surface area contributed by atoms with Gasteiger partial charge in [0.15, 0.2) is 29.1 Å². The first-order valence-corrected chi connectivity index (χ1v) is 40.2. The molecule has 0 aliphatic carbocycles. The van der Waals surface area contributed by atoms with Crippen LogP contribution in [0.1, 0.15) is 0 Å². The van der Waals surface area contributed by atoms with E-state index in [0.29, 0.717) is 29.1 Å². The van der Waals surface area contributed by atoms with Gasteiger partial charge in [-0.2, -0.15) is 0 Å². The van der Waals surface area contributed by atoms with Crippen LogP contribution in [0.5, 0.6) is 0 Å². The van der Waals surface area contributed by atoms with Crippen LogP contribution in [0.15, 0.2) is 413 Å². The minimum atomic E-state index is 0.582. The Morgan fingerprint density at radius 1 is 0.127 bits per heavy atom. The van der Waals surface area contributed by atoms with Crippen molar-refractivity contribution in [2.75, 3.05) is 0 Å². The van der Waals surface area contributed by atoms with E-state index >= 15 is 0 Å². The Kier molecular flexibility index (Phi) is 16.2. The predicted molar refractivity (Wildman–Crippen MR) is 494 cm³/mol. The van der Waals surface area contributed by atoms with Gasteiger partial charge in [-0.15, -0.1) is 0 Å². The van der Waals surface area contributed by atoms with Crippen molar-refractivity contribution in [3.05, 3.63) is 413 Å². The van der Waals surface area contributed by atoms with E-state index in [1.807, 2.05) is 30.3 Å². The molecule has 0 saturated heterocycles. The van der Waals surface area contributed by atoms with Gasteiger partial charge in [0, 0.05) is 27.8 Å². The topological polar surface area (TPSA) is 77.3 Å². The van der Waals surface area contributed by atoms with E-state index in [0.717, 1.165) is 116 Å². The fourth-order valence-corrected chi connectivity index (χ4v) is 18.3. The van der Waals surface area contributed by atoms with Gasteiger partial charge >= 0.3 is 0 Å². The summed E-state index contributed by atoms with van der Waals surface area (Å²) in [5, 5.41) is 23.3. The van der Waals surface area contributed by atoms with E-state index in [1.54, 1.807) is 6.33 Å². The maximum absolute atomic E-state index is 5.55. The number of aromatic nitrogens is 6. The van der Waals surface area contributed by atoms with Crippen molar-refractivity contribution in [2.24, 2.45) is 0 Å². The molecule has 6 nitrogen and oxygen atoms in total. The van der Waals surface area contributed by atoms with Crippen molar-refractivity contribution in [1.29, 1.82) is 0 Å². The number of benzene rings is 21. The second-order valence-corrected chi connectivity index (χ2v) is 30.8. The number of hydrogen-bond donors (Lipinski definition) is 0. The van der Waals surface area contributed by atoms with Crippen molar-refractivity contribution in [3.63, 3.8) is 0 Å². The highest BCUT2D eigenvalue weighted by atomic mass is 15.0. The van der Waals surface area contributed by atoms with Gasteiger partial charge in [0.1, 0.15) is 6.33 Å². The Morgan fingerprint density at radius 3 is 0.890 bits per heavy atom. The van der Waals surface area contributed by atoms with Crippen LogP contribution in [0.25, 0.3) is 243 Å². The van der Waals surface area contributed by atoms with Crippen LogP contribution < -0.4 is 0 Å². The number of fused-ring (bicyclic) bond motifs is 10. The highest BCUT2D eigenvalue weighted by Crippen LogP contribution is 2.50. The molecule has 0 spiro atoms. The summed E-state index contributed by atoms with van der Waals surface area (Å²) in [5.41, 5.74) is 20.6. The van der Waals surface area contributed by atoms with Gasteiger partial charge < -0.3 is 0 Å². The van der Waals surface area contributed by atoms with Crippen LogP contribution in [0.3, 0.4) is 0 Å². The molecule has 0 saturated carbocycles. The third kappa shape index (κ3) is 11.8. The summed E-state index contributed by atoms with van der Waals surface area (Å²) in [5.74, 6) is 3.03. The Labute approximate surface area is 680 Å². The van der Waals surface area contributed by atoms with Crippen molar-refractivity contribution in [3.8, 4) is 135 Å². The van der Waals surface area contributed by atoms with Gasteiger partial charge in [-0.1, -0.05) is 358 Å². The first-order chi connectivity index (χ1) is 58.4. The van der Waals surface area contributed by atoms with E-state index in [-0.39, 0.29) is 0 Å².